The van der Waals surface area contributed by atoms with Crippen LogP contribution in [0.25, 0.3) is 11.3 Å². The predicted molar refractivity (Wildman–Crippen MR) is 105 cm³/mol. The van der Waals surface area contributed by atoms with E-state index in [-0.39, 0.29) is 0 Å². The van der Waals surface area contributed by atoms with E-state index < -0.39 is 0 Å². The smallest absolute Gasteiger partial charge is 0.232 e. The zero-order chi connectivity index (χ0) is 17.6. The van der Waals surface area contributed by atoms with Crippen LogP contribution in [0.4, 0.5) is 17.5 Å². The third kappa shape index (κ3) is 4.15. The fourth-order valence-corrected chi connectivity index (χ4v) is 2.54. The maximum absolute atomic E-state index is 4.79. The number of nitrogens with one attached hydrogen (secondary N) is 1. The Kier molecular flexibility index (Phi) is 5.29. The summed E-state index contributed by atoms with van der Waals surface area (Å²) in [5.41, 5.74) is 3.06. The van der Waals surface area contributed by atoms with Gasteiger partial charge in [-0.1, -0.05) is 55.5 Å². The van der Waals surface area contributed by atoms with Crippen LogP contribution in [0.2, 0.25) is 0 Å². The number of anilines is 3. The Bertz CT molecular complexity index is 803. The van der Waals surface area contributed by atoms with Gasteiger partial charge in [0.05, 0.1) is 5.69 Å². The molecule has 0 aliphatic carbocycles. The van der Waals surface area contributed by atoms with Crippen LogP contribution in [0.3, 0.4) is 0 Å². The first-order chi connectivity index (χ1) is 12.2. The van der Waals surface area contributed by atoms with Crippen LogP contribution in [0.5, 0.6) is 0 Å². The van der Waals surface area contributed by atoms with E-state index >= 15 is 0 Å². The topological polar surface area (TPSA) is 41.1 Å². The maximum atomic E-state index is 4.79. The van der Waals surface area contributed by atoms with Crippen molar-refractivity contribution in [3.05, 3.63) is 66.7 Å². The van der Waals surface area contributed by atoms with Gasteiger partial charge in [0.2, 0.25) is 5.95 Å². The van der Waals surface area contributed by atoms with Crippen molar-refractivity contribution < 1.29 is 0 Å². The lowest BCUT2D eigenvalue weighted by Gasteiger charge is -2.20. The number of hydrogen-bond acceptors (Lipinski definition) is 4. The average molecular weight is 332 g/mol. The van der Waals surface area contributed by atoms with E-state index in [1.807, 2.05) is 54.4 Å². The molecule has 0 amide bonds. The predicted octanol–water partition coefficient (Wildman–Crippen LogP) is 5.12. The molecule has 0 bridgehead atoms. The summed E-state index contributed by atoms with van der Waals surface area (Å²) in [5, 5.41) is 3.47. The molecule has 2 aromatic carbocycles. The minimum absolute atomic E-state index is 0.355. The molecule has 0 saturated heterocycles. The highest BCUT2D eigenvalue weighted by Gasteiger charge is 2.12. The summed E-state index contributed by atoms with van der Waals surface area (Å²) in [7, 11) is 1.99. The number of para-hydroxylation sites is 1. The Hall–Kier alpha value is -2.88. The van der Waals surface area contributed by atoms with E-state index in [1.54, 1.807) is 0 Å². The molecule has 0 spiro atoms. The number of hydrogen-bond donors (Lipinski definition) is 1. The molecular weight excluding hydrogens is 308 g/mol. The summed E-state index contributed by atoms with van der Waals surface area (Å²) in [6.07, 6.45) is 1.04. The molecule has 0 fully saturated rings. The quantitative estimate of drug-likeness (QED) is 0.680. The van der Waals surface area contributed by atoms with Crippen LogP contribution in [0.15, 0.2) is 66.7 Å². The normalized spacial score (nSPS) is 11.8. The van der Waals surface area contributed by atoms with Crippen molar-refractivity contribution in [3.63, 3.8) is 0 Å². The fraction of sp³-hybridized carbons (Fsp3) is 0.238. The lowest BCUT2D eigenvalue weighted by molar-refractivity contribution is 0.758. The van der Waals surface area contributed by atoms with Gasteiger partial charge >= 0.3 is 0 Å². The molecule has 1 N–H and O–H groups in total. The van der Waals surface area contributed by atoms with E-state index in [1.165, 1.54) is 0 Å². The first kappa shape index (κ1) is 17.0. The number of nitrogens with zero attached hydrogens (tertiary/aromatic N) is 3. The Balaban J connectivity index is 2.03. The second-order valence-electron chi connectivity index (χ2n) is 6.15. The highest BCUT2D eigenvalue weighted by atomic mass is 15.3. The first-order valence-electron chi connectivity index (χ1n) is 8.67. The standard InChI is InChI=1S/C21H24N4/c1-4-16(2)22-20-15-19(17-11-7-5-8-12-17)23-21(24-20)25(3)18-13-9-6-10-14-18/h5-16H,4H2,1-3H3,(H,22,23,24). The van der Waals surface area contributed by atoms with Gasteiger partial charge in [-0.3, -0.25) is 0 Å². The first-order valence-corrected chi connectivity index (χ1v) is 8.67. The zero-order valence-corrected chi connectivity index (χ0v) is 15.0. The van der Waals surface area contributed by atoms with Crippen molar-refractivity contribution in [3.8, 4) is 11.3 Å². The van der Waals surface area contributed by atoms with Crippen LogP contribution in [-0.4, -0.2) is 23.1 Å². The molecule has 3 aromatic rings. The van der Waals surface area contributed by atoms with Crippen LogP contribution in [0.1, 0.15) is 20.3 Å². The molecule has 4 heteroatoms. The SMILES string of the molecule is CCC(C)Nc1cc(-c2ccccc2)nc(N(C)c2ccccc2)n1. The molecule has 0 radical (unpaired) electrons. The van der Waals surface area contributed by atoms with Gasteiger partial charge < -0.3 is 10.2 Å². The van der Waals surface area contributed by atoms with Crippen LogP contribution in [-0.2, 0) is 0 Å². The lowest BCUT2D eigenvalue weighted by Crippen LogP contribution is -2.18. The molecule has 1 aromatic heterocycles. The summed E-state index contributed by atoms with van der Waals surface area (Å²) < 4.78 is 0. The molecule has 128 valence electrons. The third-order valence-electron chi connectivity index (χ3n) is 4.23. The summed E-state index contributed by atoms with van der Waals surface area (Å²) in [6, 6.07) is 22.7. The van der Waals surface area contributed by atoms with E-state index in [9.17, 15) is 0 Å². The summed E-state index contributed by atoms with van der Waals surface area (Å²) in [6.45, 7) is 4.32. The average Bonchev–Trinajstić information content (AvgIpc) is 2.68. The van der Waals surface area contributed by atoms with Crippen LogP contribution < -0.4 is 10.2 Å². The number of aromatic nitrogens is 2. The van der Waals surface area contributed by atoms with Crippen molar-refractivity contribution >= 4 is 17.5 Å². The van der Waals surface area contributed by atoms with Gasteiger partial charge in [-0.2, -0.15) is 4.98 Å². The van der Waals surface area contributed by atoms with E-state index in [0.717, 1.165) is 29.2 Å². The van der Waals surface area contributed by atoms with Gasteiger partial charge in [-0.25, -0.2) is 4.98 Å². The fourth-order valence-electron chi connectivity index (χ4n) is 2.54. The van der Waals surface area contributed by atoms with E-state index in [2.05, 4.69) is 43.4 Å². The van der Waals surface area contributed by atoms with Crippen molar-refractivity contribution in [2.75, 3.05) is 17.3 Å². The third-order valence-corrected chi connectivity index (χ3v) is 4.23. The monoisotopic (exact) mass is 332 g/mol. The second-order valence-corrected chi connectivity index (χ2v) is 6.15. The maximum Gasteiger partial charge on any atom is 0.232 e. The van der Waals surface area contributed by atoms with Gasteiger partial charge in [0.25, 0.3) is 0 Å². The Morgan fingerprint density at radius 2 is 1.60 bits per heavy atom. The van der Waals surface area contributed by atoms with E-state index in [4.69, 9.17) is 9.97 Å². The van der Waals surface area contributed by atoms with Crippen LogP contribution >= 0.6 is 0 Å². The summed E-state index contributed by atoms with van der Waals surface area (Å²) in [5.74, 6) is 1.53. The van der Waals surface area contributed by atoms with Gasteiger partial charge in [-0.15, -0.1) is 0 Å². The molecule has 1 unspecified atom stereocenters. The highest BCUT2D eigenvalue weighted by Crippen LogP contribution is 2.26. The second kappa shape index (κ2) is 7.79. The Morgan fingerprint density at radius 1 is 0.960 bits per heavy atom. The van der Waals surface area contributed by atoms with Gasteiger partial charge in [-0.05, 0) is 25.5 Å². The molecular formula is C21H24N4. The molecule has 0 aliphatic rings. The minimum Gasteiger partial charge on any atom is -0.367 e. The van der Waals surface area contributed by atoms with Crippen molar-refractivity contribution in [2.45, 2.75) is 26.3 Å². The van der Waals surface area contributed by atoms with Crippen molar-refractivity contribution in [1.82, 2.24) is 9.97 Å². The Morgan fingerprint density at radius 3 is 2.24 bits per heavy atom. The number of benzene rings is 2. The van der Waals surface area contributed by atoms with Crippen molar-refractivity contribution in [1.29, 1.82) is 0 Å². The van der Waals surface area contributed by atoms with E-state index in [0.29, 0.717) is 12.0 Å². The Labute approximate surface area is 149 Å². The largest absolute Gasteiger partial charge is 0.367 e. The van der Waals surface area contributed by atoms with Gasteiger partial charge in [0.1, 0.15) is 5.82 Å². The van der Waals surface area contributed by atoms with Gasteiger partial charge in [0, 0.05) is 30.4 Å². The van der Waals surface area contributed by atoms with Gasteiger partial charge in [0.15, 0.2) is 0 Å². The number of rotatable bonds is 6. The zero-order valence-electron chi connectivity index (χ0n) is 15.0. The minimum atomic E-state index is 0.355. The van der Waals surface area contributed by atoms with Crippen LogP contribution in [0, 0.1) is 0 Å². The van der Waals surface area contributed by atoms with Crippen molar-refractivity contribution in [2.24, 2.45) is 0 Å². The molecule has 25 heavy (non-hydrogen) atoms. The molecule has 0 aliphatic heterocycles. The molecule has 1 heterocycles. The lowest BCUT2D eigenvalue weighted by atomic mass is 10.1. The molecule has 1 atom stereocenters. The summed E-state index contributed by atoms with van der Waals surface area (Å²) >= 11 is 0. The summed E-state index contributed by atoms with van der Waals surface area (Å²) in [4.78, 5) is 11.5. The molecule has 4 nitrogen and oxygen atoms in total. The molecule has 3 rings (SSSR count). The molecule has 0 saturated carbocycles. The highest BCUT2D eigenvalue weighted by molar-refractivity contribution is 5.67.